The number of nitrogens with one attached hydrogen (secondary N) is 1. The molecule has 140 valence electrons. The Morgan fingerprint density at radius 1 is 1.19 bits per heavy atom. The Kier molecular flexibility index (Phi) is 4.76. The summed E-state index contributed by atoms with van der Waals surface area (Å²) < 4.78 is 11.0. The highest BCUT2D eigenvalue weighted by molar-refractivity contribution is 6.09. The van der Waals surface area contributed by atoms with Crippen molar-refractivity contribution < 1.29 is 23.9 Å². The van der Waals surface area contributed by atoms with Crippen molar-refractivity contribution >= 4 is 17.8 Å². The third-order valence-corrected chi connectivity index (χ3v) is 4.80. The van der Waals surface area contributed by atoms with Gasteiger partial charge in [-0.1, -0.05) is 6.07 Å². The predicted octanol–water partition coefficient (Wildman–Crippen LogP) is 1.09. The normalized spacial score (nSPS) is 21.6. The predicted molar refractivity (Wildman–Crippen MR) is 93.0 cm³/mol. The van der Waals surface area contributed by atoms with Crippen LogP contribution in [0.25, 0.3) is 0 Å². The van der Waals surface area contributed by atoms with Crippen LogP contribution in [-0.4, -0.2) is 60.5 Å². The molecule has 8 nitrogen and oxygen atoms in total. The first kappa shape index (κ1) is 18.0. The molecule has 0 spiro atoms. The fraction of sp³-hybridized carbons (Fsp3) is 0.500. The molecule has 1 fully saturated rings. The van der Waals surface area contributed by atoms with Crippen LogP contribution in [0.1, 0.15) is 26.3 Å². The molecule has 26 heavy (non-hydrogen) atoms. The Hall–Kier alpha value is -2.77. The van der Waals surface area contributed by atoms with E-state index in [1.54, 1.807) is 30.0 Å². The van der Waals surface area contributed by atoms with E-state index in [2.05, 4.69) is 5.32 Å². The van der Waals surface area contributed by atoms with Gasteiger partial charge in [-0.05, 0) is 38.5 Å². The number of hydrogen-bond acceptors (Lipinski definition) is 5. The lowest BCUT2D eigenvalue weighted by Crippen LogP contribution is -2.44. The SMILES string of the molecule is CCN(CC)C(=O)CN1C(=O)N[C@@](C)(c2ccc3c(c2)OCCO3)C1=O. The number of benzene rings is 1. The second-order valence-corrected chi connectivity index (χ2v) is 6.37. The fourth-order valence-corrected chi connectivity index (χ4v) is 3.20. The van der Waals surface area contributed by atoms with Crippen molar-refractivity contribution in [2.75, 3.05) is 32.8 Å². The molecule has 1 aromatic carbocycles. The lowest BCUT2D eigenvalue weighted by molar-refractivity contribution is -0.138. The number of ether oxygens (including phenoxy) is 2. The Bertz CT molecular complexity index is 746. The molecule has 3 rings (SSSR count). The van der Waals surface area contributed by atoms with E-state index in [1.807, 2.05) is 13.8 Å². The third-order valence-electron chi connectivity index (χ3n) is 4.80. The topological polar surface area (TPSA) is 88.2 Å². The Morgan fingerprint density at radius 2 is 1.85 bits per heavy atom. The molecule has 1 N–H and O–H groups in total. The largest absolute Gasteiger partial charge is 0.486 e. The maximum Gasteiger partial charge on any atom is 0.325 e. The number of rotatable bonds is 5. The van der Waals surface area contributed by atoms with Gasteiger partial charge >= 0.3 is 6.03 Å². The van der Waals surface area contributed by atoms with Crippen molar-refractivity contribution in [3.05, 3.63) is 23.8 Å². The highest BCUT2D eigenvalue weighted by Gasteiger charge is 2.50. The number of carbonyl (C=O) groups is 3. The number of nitrogens with zero attached hydrogens (tertiary/aromatic N) is 2. The summed E-state index contributed by atoms with van der Waals surface area (Å²) >= 11 is 0. The van der Waals surface area contributed by atoms with Gasteiger partial charge in [0.2, 0.25) is 5.91 Å². The molecule has 1 saturated heterocycles. The summed E-state index contributed by atoms with van der Waals surface area (Å²) in [5, 5.41) is 2.70. The first-order valence-corrected chi connectivity index (χ1v) is 8.72. The van der Waals surface area contributed by atoms with E-state index in [4.69, 9.17) is 9.47 Å². The van der Waals surface area contributed by atoms with Crippen molar-refractivity contribution in [3.63, 3.8) is 0 Å². The molecule has 0 aromatic heterocycles. The van der Waals surface area contributed by atoms with E-state index < -0.39 is 17.5 Å². The van der Waals surface area contributed by atoms with Gasteiger partial charge < -0.3 is 19.7 Å². The van der Waals surface area contributed by atoms with Crippen LogP contribution >= 0.6 is 0 Å². The minimum atomic E-state index is -1.25. The zero-order valence-electron chi connectivity index (χ0n) is 15.2. The summed E-state index contributed by atoms with van der Waals surface area (Å²) in [5.74, 6) is 0.424. The van der Waals surface area contributed by atoms with Gasteiger partial charge in [-0.25, -0.2) is 4.79 Å². The highest BCUT2D eigenvalue weighted by Crippen LogP contribution is 2.36. The van der Waals surface area contributed by atoms with Crippen LogP contribution in [0.2, 0.25) is 0 Å². The molecule has 2 aliphatic heterocycles. The molecular formula is C18H23N3O5. The van der Waals surface area contributed by atoms with E-state index in [1.165, 1.54) is 0 Å². The molecule has 4 amide bonds. The standard InChI is InChI=1S/C18H23N3O5/c1-4-20(5-2)15(22)11-21-16(23)18(3,19-17(21)24)12-6-7-13-14(10-12)26-9-8-25-13/h6-7,10H,4-5,8-9,11H2,1-3H3,(H,19,24)/t18-/m0/s1. The Morgan fingerprint density at radius 3 is 2.50 bits per heavy atom. The third kappa shape index (κ3) is 2.95. The smallest absolute Gasteiger partial charge is 0.325 e. The van der Waals surface area contributed by atoms with Gasteiger partial charge in [-0.2, -0.15) is 0 Å². The zero-order chi connectivity index (χ0) is 18.9. The minimum Gasteiger partial charge on any atom is -0.486 e. The molecule has 0 radical (unpaired) electrons. The molecule has 2 aliphatic rings. The first-order chi connectivity index (χ1) is 12.4. The molecule has 8 heteroatoms. The molecule has 1 aromatic rings. The number of urea groups is 1. The molecule has 0 unspecified atom stereocenters. The van der Waals surface area contributed by atoms with Crippen LogP contribution in [0.3, 0.4) is 0 Å². The molecule has 0 saturated carbocycles. The van der Waals surface area contributed by atoms with E-state index in [9.17, 15) is 14.4 Å². The Labute approximate surface area is 152 Å². The van der Waals surface area contributed by atoms with Crippen molar-refractivity contribution in [2.45, 2.75) is 26.3 Å². The zero-order valence-corrected chi connectivity index (χ0v) is 15.2. The van der Waals surface area contributed by atoms with Crippen LogP contribution in [-0.2, 0) is 15.1 Å². The van der Waals surface area contributed by atoms with Crippen molar-refractivity contribution in [2.24, 2.45) is 0 Å². The van der Waals surface area contributed by atoms with Crippen molar-refractivity contribution in [1.29, 1.82) is 0 Å². The second-order valence-electron chi connectivity index (χ2n) is 6.37. The van der Waals surface area contributed by atoms with Crippen LogP contribution in [0.5, 0.6) is 11.5 Å². The van der Waals surface area contributed by atoms with E-state index in [-0.39, 0.29) is 12.5 Å². The number of imide groups is 1. The summed E-state index contributed by atoms with van der Waals surface area (Å²) in [5.41, 5.74) is -0.672. The van der Waals surface area contributed by atoms with Crippen molar-refractivity contribution in [3.8, 4) is 11.5 Å². The average Bonchev–Trinajstić information content (AvgIpc) is 2.86. The van der Waals surface area contributed by atoms with Gasteiger partial charge in [0.1, 0.15) is 25.3 Å². The summed E-state index contributed by atoms with van der Waals surface area (Å²) in [6.45, 7) is 7.02. The van der Waals surface area contributed by atoms with Crippen LogP contribution in [0, 0.1) is 0 Å². The molecular weight excluding hydrogens is 338 g/mol. The highest BCUT2D eigenvalue weighted by atomic mass is 16.6. The number of amides is 4. The van der Waals surface area contributed by atoms with Gasteiger partial charge in [0.25, 0.3) is 5.91 Å². The summed E-state index contributed by atoms with van der Waals surface area (Å²) in [6.07, 6.45) is 0. The first-order valence-electron chi connectivity index (χ1n) is 8.72. The van der Waals surface area contributed by atoms with Gasteiger partial charge in [-0.3, -0.25) is 14.5 Å². The van der Waals surface area contributed by atoms with Crippen LogP contribution < -0.4 is 14.8 Å². The lowest BCUT2D eigenvalue weighted by Gasteiger charge is -2.25. The maximum absolute atomic E-state index is 12.9. The number of likely N-dealkylation sites (N-methyl/N-ethyl adjacent to an activating group) is 1. The van der Waals surface area contributed by atoms with Gasteiger partial charge in [0.15, 0.2) is 11.5 Å². The maximum atomic E-state index is 12.9. The summed E-state index contributed by atoms with van der Waals surface area (Å²) in [7, 11) is 0. The lowest BCUT2D eigenvalue weighted by atomic mass is 9.91. The number of hydrogen-bond donors (Lipinski definition) is 1. The molecule has 2 heterocycles. The fourth-order valence-electron chi connectivity index (χ4n) is 3.20. The summed E-state index contributed by atoms with van der Waals surface area (Å²) in [6, 6.07) is 4.56. The minimum absolute atomic E-state index is 0.259. The second kappa shape index (κ2) is 6.86. The molecule has 0 aliphatic carbocycles. The van der Waals surface area contributed by atoms with Crippen LogP contribution in [0.4, 0.5) is 4.79 Å². The molecule has 0 bridgehead atoms. The van der Waals surface area contributed by atoms with Crippen molar-refractivity contribution in [1.82, 2.24) is 15.1 Å². The molecule has 1 atom stereocenters. The van der Waals surface area contributed by atoms with Gasteiger partial charge in [0.05, 0.1) is 0 Å². The Balaban J connectivity index is 1.84. The van der Waals surface area contributed by atoms with Gasteiger partial charge in [-0.15, -0.1) is 0 Å². The number of carbonyl (C=O) groups excluding carboxylic acids is 3. The van der Waals surface area contributed by atoms with Gasteiger partial charge in [0, 0.05) is 13.1 Å². The average molecular weight is 361 g/mol. The summed E-state index contributed by atoms with van der Waals surface area (Å²) in [4.78, 5) is 40.2. The quantitative estimate of drug-likeness (QED) is 0.794. The monoisotopic (exact) mass is 361 g/mol. The van der Waals surface area contributed by atoms with Crippen LogP contribution in [0.15, 0.2) is 18.2 Å². The van der Waals surface area contributed by atoms with E-state index in [0.29, 0.717) is 43.4 Å². The van der Waals surface area contributed by atoms with E-state index >= 15 is 0 Å². The van der Waals surface area contributed by atoms with E-state index in [0.717, 1.165) is 4.90 Å². The number of fused-ring (bicyclic) bond motifs is 1.